The minimum atomic E-state index is -0.608. The van der Waals surface area contributed by atoms with E-state index < -0.39 is 11.5 Å². The fourth-order valence-electron chi connectivity index (χ4n) is 3.17. The molecule has 1 N–H and O–H groups in total. The van der Waals surface area contributed by atoms with E-state index in [0.717, 1.165) is 15.8 Å². The van der Waals surface area contributed by atoms with Crippen molar-refractivity contribution in [3.63, 3.8) is 0 Å². The third-order valence-corrected chi connectivity index (χ3v) is 5.67. The Hall–Kier alpha value is -3.47. The molecule has 0 unspecified atom stereocenters. The van der Waals surface area contributed by atoms with Gasteiger partial charge in [0.15, 0.2) is 0 Å². The molecule has 0 aliphatic heterocycles. The Morgan fingerprint density at radius 3 is 2.52 bits per heavy atom. The lowest BCUT2D eigenvalue weighted by molar-refractivity contribution is -0.137. The summed E-state index contributed by atoms with van der Waals surface area (Å²) in [5.41, 5.74) is 3.10. The van der Waals surface area contributed by atoms with Crippen LogP contribution in [0.1, 0.15) is 48.2 Å². The average molecular weight is 424 g/mol. The summed E-state index contributed by atoms with van der Waals surface area (Å²) >= 11 is 0. The van der Waals surface area contributed by atoms with E-state index >= 15 is 0 Å². The topological polar surface area (TPSA) is 108 Å². The molecule has 1 atom stereocenters. The van der Waals surface area contributed by atoms with Crippen LogP contribution < -0.4 is 10.9 Å². The number of amides is 2. The van der Waals surface area contributed by atoms with Gasteiger partial charge in [-0.3, -0.25) is 14.4 Å². The Kier molecular flexibility index (Phi) is 7.70. The van der Waals surface area contributed by atoms with Gasteiger partial charge in [-0.15, -0.1) is 0 Å². The number of hydrogen-bond donors (Lipinski definition) is 1. The summed E-state index contributed by atoms with van der Waals surface area (Å²) in [5, 5.41) is 16.3. The van der Waals surface area contributed by atoms with E-state index in [1.165, 1.54) is 4.90 Å². The van der Waals surface area contributed by atoms with Gasteiger partial charge in [0, 0.05) is 11.7 Å². The largest absolute Gasteiger partial charge is 0.329 e. The van der Waals surface area contributed by atoms with Crippen molar-refractivity contribution in [3.8, 4) is 6.07 Å². The molecular weight excluding hydrogens is 394 g/mol. The van der Waals surface area contributed by atoms with Gasteiger partial charge in [0.25, 0.3) is 5.56 Å². The van der Waals surface area contributed by atoms with Crippen LogP contribution in [0.4, 0.5) is 5.69 Å². The van der Waals surface area contributed by atoms with Crippen LogP contribution in [-0.2, 0) is 16.1 Å². The van der Waals surface area contributed by atoms with Crippen molar-refractivity contribution >= 4 is 17.5 Å². The summed E-state index contributed by atoms with van der Waals surface area (Å²) in [5.74, 6) is -0.729. The molecule has 1 aromatic heterocycles. The highest BCUT2D eigenvalue weighted by atomic mass is 16.2. The second kappa shape index (κ2) is 10.0. The van der Waals surface area contributed by atoms with Gasteiger partial charge in [0.05, 0.1) is 5.69 Å². The van der Waals surface area contributed by atoms with Gasteiger partial charge in [-0.05, 0) is 63.8 Å². The SMILES string of the molecule is CC[C@@H](C)N(CC(=O)Nc1cccc(C)c1C)C(=O)Cn1nc(C)c(C)c(C#N)c1=O. The smallest absolute Gasteiger partial charge is 0.285 e. The molecule has 0 spiro atoms. The van der Waals surface area contributed by atoms with E-state index in [0.29, 0.717) is 23.4 Å². The summed E-state index contributed by atoms with van der Waals surface area (Å²) in [6, 6.07) is 7.32. The van der Waals surface area contributed by atoms with Crippen molar-refractivity contribution in [1.29, 1.82) is 5.26 Å². The molecule has 0 fully saturated rings. The van der Waals surface area contributed by atoms with Crippen molar-refractivity contribution in [3.05, 3.63) is 56.5 Å². The first kappa shape index (κ1) is 23.8. The van der Waals surface area contributed by atoms with E-state index in [1.807, 2.05) is 52.0 Å². The Labute approximate surface area is 182 Å². The number of carbonyl (C=O) groups excluding carboxylic acids is 2. The number of nitriles is 1. The van der Waals surface area contributed by atoms with E-state index in [4.69, 9.17) is 0 Å². The molecule has 0 saturated heterocycles. The predicted molar refractivity (Wildman–Crippen MR) is 119 cm³/mol. The standard InChI is InChI=1S/C23H29N5O3/c1-7-15(3)27(12-21(29)25-20-10-8-9-14(2)16(20)4)22(30)13-28-23(31)19(11-24)17(5)18(6)26-28/h8-10,15H,7,12-13H2,1-6H3,(H,25,29)/t15-/m1/s1. The molecule has 0 saturated carbocycles. The number of benzene rings is 1. The van der Waals surface area contributed by atoms with Crippen LogP contribution in [0.25, 0.3) is 0 Å². The zero-order valence-corrected chi connectivity index (χ0v) is 18.9. The van der Waals surface area contributed by atoms with E-state index in [2.05, 4.69) is 10.4 Å². The third-order valence-electron chi connectivity index (χ3n) is 5.67. The Balaban J connectivity index is 2.25. The molecule has 31 heavy (non-hydrogen) atoms. The molecule has 2 aromatic rings. The Morgan fingerprint density at radius 1 is 1.23 bits per heavy atom. The fraction of sp³-hybridized carbons (Fsp3) is 0.435. The molecule has 164 valence electrons. The fourth-order valence-corrected chi connectivity index (χ4v) is 3.17. The van der Waals surface area contributed by atoms with Gasteiger partial charge in [-0.2, -0.15) is 10.4 Å². The molecule has 8 nitrogen and oxygen atoms in total. The first-order valence-electron chi connectivity index (χ1n) is 10.2. The van der Waals surface area contributed by atoms with Crippen LogP contribution in [0.5, 0.6) is 0 Å². The molecule has 8 heteroatoms. The quantitative estimate of drug-likeness (QED) is 0.736. The van der Waals surface area contributed by atoms with Gasteiger partial charge >= 0.3 is 0 Å². The van der Waals surface area contributed by atoms with Crippen molar-refractivity contribution in [1.82, 2.24) is 14.7 Å². The molecule has 0 aliphatic rings. The van der Waals surface area contributed by atoms with Crippen LogP contribution >= 0.6 is 0 Å². The third kappa shape index (κ3) is 5.37. The summed E-state index contributed by atoms with van der Waals surface area (Å²) in [7, 11) is 0. The maximum Gasteiger partial charge on any atom is 0.285 e. The predicted octanol–water partition coefficient (Wildman–Crippen LogP) is 2.61. The second-order valence-electron chi connectivity index (χ2n) is 7.73. The van der Waals surface area contributed by atoms with Gasteiger partial charge < -0.3 is 10.2 Å². The number of rotatable bonds is 7. The van der Waals surface area contributed by atoms with E-state index in [9.17, 15) is 19.6 Å². The highest BCUT2D eigenvalue weighted by Crippen LogP contribution is 2.18. The first-order valence-corrected chi connectivity index (χ1v) is 10.2. The second-order valence-corrected chi connectivity index (χ2v) is 7.73. The number of hydrogen-bond acceptors (Lipinski definition) is 5. The lowest BCUT2D eigenvalue weighted by Gasteiger charge is -2.28. The van der Waals surface area contributed by atoms with Crippen molar-refractivity contribution in [2.75, 3.05) is 11.9 Å². The molecule has 1 aromatic carbocycles. The van der Waals surface area contributed by atoms with Gasteiger partial charge in [0.2, 0.25) is 11.8 Å². The van der Waals surface area contributed by atoms with Crippen LogP contribution in [0.15, 0.2) is 23.0 Å². The molecule has 0 bridgehead atoms. The average Bonchev–Trinajstić information content (AvgIpc) is 2.73. The highest BCUT2D eigenvalue weighted by molar-refractivity contribution is 5.95. The van der Waals surface area contributed by atoms with Crippen LogP contribution in [0, 0.1) is 39.0 Å². The minimum Gasteiger partial charge on any atom is -0.329 e. The Morgan fingerprint density at radius 2 is 1.90 bits per heavy atom. The van der Waals surface area contributed by atoms with Crippen molar-refractivity contribution in [2.24, 2.45) is 0 Å². The number of aryl methyl sites for hydroxylation is 2. The minimum absolute atomic E-state index is 0.0249. The molecule has 2 amide bonds. The Bertz CT molecular complexity index is 1100. The van der Waals surface area contributed by atoms with Gasteiger partial charge in [0.1, 0.15) is 24.7 Å². The zero-order valence-electron chi connectivity index (χ0n) is 18.9. The highest BCUT2D eigenvalue weighted by Gasteiger charge is 2.24. The molecular formula is C23H29N5O3. The van der Waals surface area contributed by atoms with Gasteiger partial charge in [-0.1, -0.05) is 19.1 Å². The zero-order chi connectivity index (χ0) is 23.3. The molecule has 2 rings (SSSR count). The van der Waals surface area contributed by atoms with Crippen molar-refractivity contribution in [2.45, 2.75) is 60.5 Å². The normalized spacial score (nSPS) is 11.5. The van der Waals surface area contributed by atoms with Crippen LogP contribution in [0.2, 0.25) is 0 Å². The van der Waals surface area contributed by atoms with Crippen LogP contribution in [0.3, 0.4) is 0 Å². The summed E-state index contributed by atoms with van der Waals surface area (Å²) in [6.45, 7) is 10.5. The monoisotopic (exact) mass is 423 g/mol. The maximum absolute atomic E-state index is 13.0. The maximum atomic E-state index is 13.0. The molecule has 1 heterocycles. The lowest BCUT2D eigenvalue weighted by Crippen LogP contribution is -2.46. The number of nitrogens with one attached hydrogen (secondary N) is 1. The lowest BCUT2D eigenvalue weighted by atomic mass is 10.1. The number of nitrogens with zero attached hydrogens (tertiary/aromatic N) is 4. The first-order chi connectivity index (χ1) is 14.6. The molecule has 0 radical (unpaired) electrons. The number of aromatic nitrogens is 2. The summed E-state index contributed by atoms with van der Waals surface area (Å²) < 4.78 is 1.00. The van der Waals surface area contributed by atoms with Crippen molar-refractivity contribution < 1.29 is 9.59 Å². The van der Waals surface area contributed by atoms with E-state index in [1.54, 1.807) is 13.8 Å². The summed E-state index contributed by atoms with van der Waals surface area (Å²) in [4.78, 5) is 39.7. The number of anilines is 1. The summed E-state index contributed by atoms with van der Waals surface area (Å²) in [6.07, 6.45) is 0.640. The van der Waals surface area contributed by atoms with Crippen LogP contribution in [-0.4, -0.2) is 39.1 Å². The molecule has 0 aliphatic carbocycles. The van der Waals surface area contributed by atoms with E-state index in [-0.39, 0.29) is 30.6 Å². The number of carbonyl (C=O) groups is 2. The van der Waals surface area contributed by atoms with Gasteiger partial charge in [-0.25, -0.2) is 4.68 Å².